The number of para-hydroxylation sites is 1. The van der Waals surface area contributed by atoms with Crippen LogP contribution in [0.5, 0.6) is 0 Å². The second kappa shape index (κ2) is 8.50. The normalized spacial score (nSPS) is 18.9. The summed E-state index contributed by atoms with van der Waals surface area (Å²) in [5.74, 6) is 0.324. The summed E-state index contributed by atoms with van der Waals surface area (Å²) in [7, 11) is 0. The second-order valence-corrected chi connectivity index (χ2v) is 8.45. The molecule has 29 heavy (non-hydrogen) atoms. The summed E-state index contributed by atoms with van der Waals surface area (Å²) in [4.78, 5) is 30.5. The van der Waals surface area contributed by atoms with Gasteiger partial charge in [-0.3, -0.25) is 14.5 Å². The minimum atomic E-state index is -0.718. The number of nitrogens with zero attached hydrogens (tertiary/aromatic N) is 2. The van der Waals surface area contributed by atoms with Crippen LogP contribution in [-0.4, -0.2) is 41.8 Å². The summed E-state index contributed by atoms with van der Waals surface area (Å²) in [6, 6.07) is 20.3. The number of Topliss-reactive ketones (excluding diaryl/α,β-unsaturated/α-hetero) is 1. The molecule has 2 aromatic carbocycles. The molecule has 2 aromatic rings. The zero-order valence-corrected chi connectivity index (χ0v) is 17.2. The molecular formula is C25H30N2O2. The summed E-state index contributed by atoms with van der Waals surface area (Å²) < 4.78 is 0. The number of anilines is 1. The van der Waals surface area contributed by atoms with E-state index in [1.165, 1.54) is 5.56 Å². The number of hydrogen-bond acceptors (Lipinski definition) is 3. The first kappa shape index (κ1) is 19.8. The average molecular weight is 391 g/mol. The lowest BCUT2D eigenvalue weighted by Gasteiger charge is -2.47. The minimum absolute atomic E-state index is 0.0857. The molecule has 1 amide bonds. The molecule has 0 bridgehead atoms. The van der Waals surface area contributed by atoms with Gasteiger partial charge >= 0.3 is 0 Å². The molecule has 0 N–H and O–H groups in total. The lowest BCUT2D eigenvalue weighted by molar-refractivity contribution is -0.130. The summed E-state index contributed by atoms with van der Waals surface area (Å²) >= 11 is 0. The van der Waals surface area contributed by atoms with Crippen molar-refractivity contribution in [2.24, 2.45) is 5.92 Å². The van der Waals surface area contributed by atoms with Gasteiger partial charge in [0.25, 0.3) is 0 Å². The van der Waals surface area contributed by atoms with Crippen LogP contribution in [0.15, 0.2) is 60.7 Å². The lowest BCUT2D eigenvalue weighted by Crippen LogP contribution is -2.62. The Labute approximate surface area is 173 Å². The summed E-state index contributed by atoms with van der Waals surface area (Å²) in [6.45, 7) is 4.33. The smallest absolute Gasteiger partial charge is 0.230 e. The highest BCUT2D eigenvalue weighted by Crippen LogP contribution is 2.40. The topological polar surface area (TPSA) is 40.6 Å². The van der Waals surface area contributed by atoms with Crippen LogP contribution >= 0.6 is 0 Å². The average Bonchev–Trinajstić information content (AvgIpc) is 3.60. The van der Waals surface area contributed by atoms with Crippen LogP contribution in [-0.2, 0) is 16.0 Å². The van der Waals surface area contributed by atoms with E-state index in [4.69, 9.17) is 0 Å². The summed E-state index contributed by atoms with van der Waals surface area (Å²) in [5, 5.41) is 0. The first-order chi connectivity index (χ1) is 14.1. The van der Waals surface area contributed by atoms with Crippen molar-refractivity contribution in [3.8, 4) is 0 Å². The highest BCUT2D eigenvalue weighted by atomic mass is 16.2. The van der Waals surface area contributed by atoms with Crippen LogP contribution < -0.4 is 4.90 Å². The lowest BCUT2D eigenvalue weighted by atomic mass is 9.81. The number of carbonyl (C=O) groups is 2. The van der Waals surface area contributed by atoms with Crippen LogP contribution in [0, 0.1) is 5.92 Å². The van der Waals surface area contributed by atoms with Crippen molar-refractivity contribution in [3.63, 3.8) is 0 Å². The highest BCUT2D eigenvalue weighted by Gasteiger charge is 2.49. The summed E-state index contributed by atoms with van der Waals surface area (Å²) in [6.07, 6.45) is 4.30. The maximum absolute atomic E-state index is 13.3. The van der Waals surface area contributed by atoms with Gasteiger partial charge in [-0.15, -0.1) is 0 Å². The molecule has 2 aliphatic rings. The maximum atomic E-state index is 13.3. The third kappa shape index (κ3) is 4.27. The third-order valence-corrected chi connectivity index (χ3v) is 6.49. The van der Waals surface area contributed by atoms with E-state index in [1.54, 1.807) is 6.92 Å². The predicted octanol–water partition coefficient (Wildman–Crippen LogP) is 4.10. The van der Waals surface area contributed by atoms with Gasteiger partial charge in [0.15, 0.2) is 5.78 Å². The Bertz CT molecular complexity index is 838. The largest absolute Gasteiger partial charge is 0.303 e. The molecule has 2 fully saturated rings. The molecule has 0 unspecified atom stereocenters. The maximum Gasteiger partial charge on any atom is 0.230 e. The Morgan fingerprint density at radius 1 is 0.966 bits per heavy atom. The number of piperidine rings is 1. The van der Waals surface area contributed by atoms with Crippen molar-refractivity contribution in [2.75, 3.05) is 24.5 Å². The van der Waals surface area contributed by atoms with E-state index in [2.05, 4.69) is 29.2 Å². The van der Waals surface area contributed by atoms with Crippen LogP contribution in [0.2, 0.25) is 0 Å². The van der Waals surface area contributed by atoms with Crippen LogP contribution in [0.3, 0.4) is 0 Å². The Balaban J connectivity index is 1.51. The van der Waals surface area contributed by atoms with Crippen molar-refractivity contribution < 1.29 is 9.59 Å². The Morgan fingerprint density at radius 3 is 2.10 bits per heavy atom. The number of rotatable bonds is 7. The first-order valence-corrected chi connectivity index (χ1v) is 10.8. The number of carbonyl (C=O) groups excluding carboxylic acids is 2. The molecule has 0 radical (unpaired) electrons. The Morgan fingerprint density at radius 2 is 1.55 bits per heavy atom. The fourth-order valence-corrected chi connectivity index (χ4v) is 4.49. The van der Waals surface area contributed by atoms with Crippen molar-refractivity contribution in [1.82, 2.24) is 4.90 Å². The molecule has 0 aromatic heterocycles. The number of hydrogen-bond donors (Lipinski definition) is 0. The fourth-order valence-electron chi connectivity index (χ4n) is 4.49. The number of likely N-dealkylation sites (tertiary alicyclic amines) is 1. The van der Waals surface area contributed by atoms with Crippen LogP contribution in [0.4, 0.5) is 5.69 Å². The third-order valence-electron chi connectivity index (χ3n) is 6.49. The van der Waals surface area contributed by atoms with Gasteiger partial charge in [-0.2, -0.15) is 0 Å². The molecule has 1 aliphatic carbocycles. The van der Waals surface area contributed by atoms with Crippen molar-refractivity contribution >= 4 is 17.4 Å². The van der Waals surface area contributed by atoms with E-state index in [0.717, 1.165) is 44.6 Å². The number of benzene rings is 2. The number of amides is 1. The van der Waals surface area contributed by atoms with Gasteiger partial charge < -0.3 is 4.90 Å². The summed E-state index contributed by atoms with van der Waals surface area (Å²) in [5.41, 5.74) is 1.48. The standard InChI is InChI=1S/C25H30N2O2/c1-20(28)25(27(24(29)22-12-13-22)23-10-6-3-7-11-23)15-18-26(19-16-25)17-14-21-8-4-2-5-9-21/h2-11,22H,12-19H2,1H3. The minimum Gasteiger partial charge on any atom is -0.303 e. The Kier molecular flexibility index (Phi) is 5.81. The van der Waals surface area contributed by atoms with Gasteiger partial charge in [-0.1, -0.05) is 48.5 Å². The zero-order valence-electron chi connectivity index (χ0n) is 17.2. The van der Waals surface area contributed by atoms with Crippen molar-refractivity contribution in [3.05, 3.63) is 66.2 Å². The molecule has 0 spiro atoms. The molecule has 4 heteroatoms. The van der Waals surface area contributed by atoms with Gasteiger partial charge in [-0.25, -0.2) is 0 Å². The first-order valence-electron chi connectivity index (χ1n) is 10.8. The molecule has 152 valence electrons. The molecule has 1 saturated carbocycles. The van der Waals surface area contributed by atoms with Crippen molar-refractivity contribution in [2.45, 2.75) is 44.6 Å². The van der Waals surface area contributed by atoms with Gasteiger partial charge in [0, 0.05) is 31.2 Å². The Hall–Kier alpha value is -2.46. The van der Waals surface area contributed by atoms with Crippen molar-refractivity contribution in [1.29, 1.82) is 0 Å². The fraction of sp³-hybridized carbons (Fsp3) is 0.440. The monoisotopic (exact) mass is 390 g/mol. The van der Waals surface area contributed by atoms with E-state index in [0.29, 0.717) is 12.8 Å². The second-order valence-electron chi connectivity index (χ2n) is 8.45. The van der Waals surface area contributed by atoms with Crippen LogP contribution in [0.25, 0.3) is 0 Å². The number of ketones is 1. The molecule has 1 saturated heterocycles. The van der Waals surface area contributed by atoms with Gasteiger partial charge in [0.2, 0.25) is 5.91 Å². The predicted molar refractivity (Wildman–Crippen MR) is 116 cm³/mol. The van der Waals surface area contributed by atoms with Gasteiger partial charge in [-0.05, 0) is 56.7 Å². The highest BCUT2D eigenvalue weighted by molar-refractivity contribution is 6.05. The SMILES string of the molecule is CC(=O)C1(N(C(=O)C2CC2)c2ccccc2)CCN(CCc2ccccc2)CC1. The van der Waals surface area contributed by atoms with Gasteiger partial charge in [0.1, 0.15) is 5.54 Å². The quantitative estimate of drug-likeness (QED) is 0.715. The molecule has 1 aliphatic heterocycles. The molecule has 1 heterocycles. The van der Waals surface area contributed by atoms with E-state index in [-0.39, 0.29) is 17.6 Å². The van der Waals surface area contributed by atoms with E-state index < -0.39 is 5.54 Å². The van der Waals surface area contributed by atoms with Gasteiger partial charge in [0.05, 0.1) is 0 Å². The van der Waals surface area contributed by atoms with E-state index in [1.807, 2.05) is 41.3 Å². The van der Waals surface area contributed by atoms with E-state index in [9.17, 15) is 9.59 Å². The molecule has 4 nitrogen and oxygen atoms in total. The molecular weight excluding hydrogens is 360 g/mol. The van der Waals surface area contributed by atoms with Crippen LogP contribution in [0.1, 0.15) is 38.2 Å². The van der Waals surface area contributed by atoms with E-state index >= 15 is 0 Å². The molecule has 4 rings (SSSR count). The molecule has 0 atom stereocenters. The zero-order chi connectivity index (χ0) is 20.3.